The highest BCUT2D eigenvalue weighted by Crippen LogP contribution is 2.31. The zero-order valence-corrected chi connectivity index (χ0v) is 22.3. The third-order valence-corrected chi connectivity index (χ3v) is 7.77. The summed E-state index contributed by atoms with van der Waals surface area (Å²) < 4.78 is 17.1. The highest BCUT2D eigenvalue weighted by atomic mass is 32.2. The minimum absolute atomic E-state index is 0.0815. The van der Waals surface area contributed by atoms with E-state index in [1.54, 1.807) is 11.8 Å². The summed E-state index contributed by atoms with van der Waals surface area (Å²) >= 11 is 1.74. The van der Waals surface area contributed by atoms with Crippen molar-refractivity contribution in [2.45, 2.75) is 52.9 Å². The van der Waals surface area contributed by atoms with E-state index in [0.717, 1.165) is 49.4 Å². The number of allylic oxidation sites excluding steroid dienone is 1. The topological polar surface area (TPSA) is 44.8 Å². The molecule has 0 bridgehead atoms. The Morgan fingerprint density at radius 1 is 0.943 bits per heavy atom. The second-order valence-corrected chi connectivity index (χ2v) is 10.5. The fourth-order valence-electron chi connectivity index (χ4n) is 4.08. The summed E-state index contributed by atoms with van der Waals surface area (Å²) in [4.78, 5) is 12.1. The van der Waals surface area contributed by atoms with Gasteiger partial charge in [0.2, 0.25) is 0 Å². The number of thioether (sulfide) groups is 1. The van der Waals surface area contributed by atoms with E-state index in [1.807, 2.05) is 20.8 Å². The molecule has 35 heavy (non-hydrogen) atoms. The number of aryl methyl sites for hydroxylation is 1. The van der Waals surface area contributed by atoms with Gasteiger partial charge in [-0.25, -0.2) is 0 Å². The summed E-state index contributed by atoms with van der Waals surface area (Å²) in [5.41, 5.74) is 5.01. The Hall–Kier alpha value is -2.24. The van der Waals surface area contributed by atoms with E-state index in [9.17, 15) is 4.79 Å². The standard InChI is InChI=1S/C30H40O4S/c1-4-30(3,5-2)29(31)34-19-21-35-20-18-32-16-17-33-28-15-14-27-22-25(12-9-13-26(27)23-28)24-10-7-6-8-11-24/h6-8,10-11,14-15,22-23H,4-5,9,12-13,16-21H2,1-3H3. The van der Waals surface area contributed by atoms with Crippen LogP contribution >= 0.6 is 11.8 Å². The summed E-state index contributed by atoms with van der Waals surface area (Å²) in [6, 6.07) is 17.1. The summed E-state index contributed by atoms with van der Waals surface area (Å²) in [6.45, 7) is 8.28. The van der Waals surface area contributed by atoms with Gasteiger partial charge in [-0.3, -0.25) is 4.79 Å². The fourth-order valence-corrected chi connectivity index (χ4v) is 4.73. The quantitative estimate of drug-likeness (QED) is 0.207. The molecule has 0 unspecified atom stereocenters. The molecule has 1 aliphatic carbocycles. The lowest BCUT2D eigenvalue weighted by atomic mass is 9.85. The van der Waals surface area contributed by atoms with E-state index in [4.69, 9.17) is 14.2 Å². The normalized spacial score (nSPS) is 13.5. The molecule has 5 heteroatoms. The number of esters is 1. The van der Waals surface area contributed by atoms with E-state index in [-0.39, 0.29) is 11.4 Å². The number of carbonyl (C=O) groups is 1. The number of rotatable bonds is 14. The zero-order valence-electron chi connectivity index (χ0n) is 21.5. The molecule has 0 N–H and O–H groups in total. The number of hydrogen-bond acceptors (Lipinski definition) is 5. The summed E-state index contributed by atoms with van der Waals surface area (Å²) in [6.07, 6.45) is 7.26. The van der Waals surface area contributed by atoms with Crippen LogP contribution < -0.4 is 4.74 Å². The van der Waals surface area contributed by atoms with Gasteiger partial charge in [-0.05, 0) is 73.4 Å². The Balaban J connectivity index is 1.30. The molecule has 190 valence electrons. The van der Waals surface area contributed by atoms with Crippen LogP contribution in [-0.2, 0) is 20.7 Å². The fraction of sp³-hybridized carbons (Fsp3) is 0.500. The van der Waals surface area contributed by atoms with Gasteiger partial charge in [0, 0.05) is 11.5 Å². The van der Waals surface area contributed by atoms with Crippen LogP contribution in [0.4, 0.5) is 0 Å². The van der Waals surface area contributed by atoms with E-state index in [0.29, 0.717) is 26.4 Å². The van der Waals surface area contributed by atoms with Crippen LogP contribution in [0.25, 0.3) is 11.6 Å². The molecular formula is C30H40O4S. The van der Waals surface area contributed by atoms with Crippen molar-refractivity contribution in [1.82, 2.24) is 0 Å². The molecule has 0 saturated carbocycles. The molecule has 0 atom stereocenters. The van der Waals surface area contributed by atoms with Crippen molar-refractivity contribution in [2.75, 3.05) is 37.9 Å². The Morgan fingerprint density at radius 2 is 1.71 bits per heavy atom. The summed E-state index contributed by atoms with van der Waals surface area (Å²) in [5, 5.41) is 0. The number of carbonyl (C=O) groups excluding carboxylic acids is 1. The molecular weight excluding hydrogens is 456 g/mol. The van der Waals surface area contributed by atoms with Crippen LogP contribution in [0.1, 0.15) is 63.1 Å². The summed E-state index contributed by atoms with van der Waals surface area (Å²) in [5.74, 6) is 2.50. The van der Waals surface area contributed by atoms with Gasteiger partial charge in [-0.1, -0.05) is 56.3 Å². The van der Waals surface area contributed by atoms with Crippen molar-refractivity contribution >= 4 is 29.4 Å². The molecule has 2 aromatic rings. The average Bonchev–Trinajstić information content (AvgIpc) is 3.11. The maximum atomic E-state index is 12.1. The van der Waals surface area contributed by atoms with Crippen LogP contribution in [0.2, 0.25) is 0 Å². The zero-order chi connectivity index (χ0) is 24.9. The van der Waals surface area contributed by atoms with Crippen LogP contribution in [0.15, 0.2) is 48.5 Å². The monoisotopic (exact) mass is 496 g/mol. The Kier molecular flexibility index (Phi) is 11.2. The van der Waals surface area contributed by atoms with Crippen molar-refractivity contribution in [1.29, 1.82) is 0 Å². The summed E-state index contributed by atoms with van der Waals surface area (Å²) in [7, 11) is 0. The van der Waals surface area contributed by atoms with E-state index in [1.165, 1.54) is 22.3 Å². The van der Waals surface area contributed by atoms with Crippen molar-refractivity contribution in [3.05, 3.63) is 65.2 Å². The predicted molar refractivity (Wildman–Crippen MR) is 147 cm³/mol. The van der Waals surface area contributed by atoms with Crippen molar-refractivity contribution < 1.29 is 19.0 Å². The van der Waals surface area contributed by atoms with Crippen LogP contribution in [0.3, 0.4) is 0 Å². The van der Waals surface area contributed by atoms with Gasteiger partial charge in [0.1, 0.15) is 19.0 Å². The van der Waals surface area contributed by atoms with Crippen LogP contribution in [0, 0.1) is 5.41 Å². The second-order valence-electron chi connectivity index (χ2n) is 9.23. The lowest BCUT2D eigenvalue weighted by Crippen LogP contribution is -2.29. The third-order valence-electron chi connectivity index (χ3n) is 6.86. The smallest absolute Gasteiger partial charge is 0.311 e. The Bertz CT molecular complexity index is 950. The van der Waals surface area contributed by atoms with Crippen molar-refractivity contribution in [3.63, 3.8) is 0 Å². The third kappa shape index (κ3) is 8.43. The first-order chi connectivity index (χ1) is 17.1. The highest BCUT2D eigenvalue weighted by Gasteiger charge is 2.30. The maximum absolute atomic E-state index is 12.1. The average molecular weight is 497 g/mol. The SMILES string of the molecule is CCC(C)(CC)C(=O)OCCSCCOCCOc1ccc2c(c1)CCCC(c1ccccc1)=C2. The van der Waals surface area contributed by atoms with E-state index >= 15 is 0 Å². The lowest BCUT2D eigenvalue weighted by molar-refractivity contribution is -0.154. The molecule has 0 fully saturated rings. The molecule has 1 aliphatic rings. The molecule has 0 spiro atoms. The molecule has 0 saturated heterocycles. The van der Waals surface area contributed by atoms with Crippen molar-refractivity contribution in [3.8, 4) is 5.75 Å². The molecule has 3 rings (SSSR count). The lowest BCUT2D eigenvalue weighted by Gasteiger charge is -2.23. The molecule has 4 nitrogen and oxygen atoms in total. The minimum atomic E-state index is -0.354. The highest BCUT2D eigenvalue weighted by molar-refractivity contribution is 7.99. The first-order valence-electron chi connectivity index (χ1n) is 12.9. The van der Waals surface area contributed by atoms with Crippen LogP contribution in [0.5, 0.6) is 5.75 Å². The van der Waals surface area contributed by atoms with Gasteiger partial charge in [0.15, 0.2) is 0 Å². The largest absolute Gasteiger partial charge is 0.491 e. The second kappa shape index (κ2) is 14.4. The number of ether oxygens (including phenoxy) is 3. The van der Waals surface area contributed by atoms with Gasteiger partial charge in [0.25, 0.3) is 0 Å². The Morgan fingerprint density at radius 3 is 2.49 bits per heavy atom. The van der Waals surface area contributed by atoms with Crippen molar-refractivity contribution in [2.24, 2.45) is 5.41 Å². The first kappa shape index (κ1) is 27.3. The first-order valence-corrected chi connectivity index (χ1v) is 14.1. The number of fused-ring (bicyclic) bond motifs is 1. The van der Waals surface area contributed by atoms with E-state index < -0.39 is 0 Å². The molecule has 0 radical (unpaired) electrons. The van der Waals surface area contributed by atoms with E-state index in [2.05, 4.69) is 54.6 Å². The maximum Gasteiger partial charge on any atom is 0.311 e. The molecule has 2 aromatic carbocycles. The minimum Gasteiger partial charge on any atom is -0.491 e. The molecule has 0 amide bonds. The van der Waals surface area contributed by atoms with Gasteiger partial charge in [-0.15, -0.1) is 0 Å². The number of benzene rings is 2. The van der Waals surface area contributed by atoms with Gasteiger partial charge in [-0.2, -0.15) is 11.8 Å². The predicted octanol–water partition coefficient (Wildman–Crippen LogP) is 7.06. The molecule has 0 aliphatic heterocycles. The Labute approximate surface area is 215 Å². The number of hydrogen-bond donors (Lipinski definition) is 0. The molecule has 0 heterocycles. The molecule has 0 aromatic heterocycles. The van der Waals surface area contributed by atoms with Crippen LogP contribution in [-0.4, -0.2) is 43.9 Å². The van der Waals surface area contributed by atoms with Gasteiger partial charge < -0.3 is 14.2 Å². The van der Waals surface area contributed by atoms with Gasteiger partial charge >= 0.3 is 5.97 Å². The van der Waals surface area contributed by atoms with Gasteiger partial charge in [0.05, 0.1) is 18.6 Å².